The fourth-order valence-electron chi connectivity index (χ4n) is 2.97. The number of ether oxygens (including phenoxy) is 1. The van der Waals surface area contributed by atoms with E-state index in [1.807, 2.05) is 13.8 Å². The molecule has 0 amide bonds. The summed E-state index contributed by atoms with van der Waals surface area (Å²) in [5, 5.41) is 0. The third-order valence-electron chi connectivity index (χ3n) is 4.08. The van der Waals surface area contributed by atoms with Crippen LogP contribution < -0.4 is 5.56 Å². The van der Waals surface area contributed by atoms with Crippen LogP contribution in [0.25, 0.3) is 5.78 Å². The van der Waals surface area contributed by atoms with Gasteiger partial charge in [0.2, 0.25) is 5.78 Å². The van der Waals surface area contributed by atoms with Crippen molar-refractivity contribution >= 4 is 14.0 Å². The predicted octanol–water partition coefficient (Wildman–Crippen LogP) is 1.21. The number of rotatable bonds is 4. The molecule has 0 spiro atoms. The van der Waals surface area contributed by atoms with E-state index in [0.29, 0.717) is 5.78 Å². The SMILES string of the molecule is CC[C@H]1O[C@@H](n2ccc(=O)n3ccnc23)[C@H](O[PH](=O)O)[C@@H]1C. The van der Waals surface area contributed by atoms with E-state index in [1.54, 1.807) is 17.0 Å². The van der Waals surface area contributed by atoms with Crippen molar-refractivity contribution in [1.29, 1.82) is 0 Å². The van der Waals surface area contributed by atoms with E-state index in [9.17, 15) is 9.36 Å². The molecule has 3 heterocycles. The van der Waals surface area contributed by atoms with Gasteiger partial charge in [0.1, 0.15) is 6.10 Å². The van der Waals surface area contributed by atoms with Crippen LogP contribution in [0.3, 0.4) is 0 Å². The normalized spacial score (nSPS) is 30.0. The van der Waals surface area contributed by atoms with Gasteiger partial charge >= 0.3 is 8.25 Å². The van der Waals surface area contributed by atoms with Crippen LogP contribution in [0.1, 0.15) is 26.5 Å². The minimum atomic E-state index is -3.10. The Bertz CT molecular complexity index is 757. The van der Waals surface area contributed by atoms with Crippen molar-refractivity contribution in [2.75, 3.05) is 0 Å². The topological polar surface area (TPSA) is 95.1 Å². The molecule has 2 aromatic heterocycles. The van der Waals surface area contributed by atoms with Crippen molar-refractivity contribution < 1.29 is 18.7 Å². The summed E-state index contributed by atoms with van der Waals surface area (Å²) < 4.78 is 25.4. The van der Waals surface area contributed by atoms with E-state index in [1.165, 1.54) is 16.7 Å². The van der Waals surface area contributed by atoms with Crippen LogP contribution in [0.15, 0.2) is 29.5 Å². The first kappa shape index (κ1) is 15.4. The largest absolute Gasteiger partial charge is 0.352 e. The maximum absolute atomic E-state index is 11.8. The molecule has 0 radical (unpaired) electrons. The van der Waals surface area contributed by atoms with Crippen molar-refractivity contribution in [3.8, 4) is 0 Å². The van der Waals surface area contributed by atoms with Crippen molar-refractivity contribution in [1.82, 2.24) is 14.0 Å². The molecule has 1 unspecified atom stereocenters. The highest BCUT2D eigenvalue weighted by atomic mass is 31.1. The van der Waals surface area contributed by atoms with Crippen molar-refractivity contribution in [2.24, 2.45) is 5.92 Å². The zero-order valence-corrected chi connectivity index (χ0v) is 13.2. The van der Waals surface area contributed by atoms with Crippen LogP contribution in [0.5, 0.6) is 0 Å². The molecular weight excluding hydrogens is 309 g/mol. The van der Waals surface area contributed by atoms with Gasteiger partial charge in [0.25, 0.3) is 5.56 Å². The summed E-state index contributed by atoms with van der Waals surface area (Å²) in [7, 11) is -3.10. The molecule has 1 N–H and O–H groups in total. The first-order valence-electron chi connectivity index (χ1n) is 7.12. The fourth-order valence-corrected chi connectivity index (χ4v) is 3.54. The molecule has 5 atom stereocenters. The first-order valence-corrected chi connectivity index (χ1v) is 8.38. The molecular formula is C13H18N3O5P. The molecule has 3 rings (SSSR count). The van der Waals surface area contributed by atoms with Crippen LogP contribution in [0, 0.1) is 5.92 Å². The lowest BCUT2D eigenvalue weighted by Crippen LogP contribution is -2.28. The van der Waals surface area contributed by atoms with Gasteiger partial charge in [-0.2, -0.15) is 0 Å². The van der Waals surface area contributed by atoms with Gasteiger partial charge in [0, 0.05) is 30.6 Å². The van der Waals surface area contributed by atoms with Gasteiger partial charge in [-0.1, -0.05) is 13.8 Å². The van der Waals surface area contributed by atoms with E-state index >= 15 is 0 Å². The Labute approximate surface area is 127 Å². The van der Waals surface area contributed by atoms with E-state index in [-0.39, 0.29) is 17.6 Å². The highest BCUT2D eigenvalue weighted by molar-refractivity contribution is 7.32. The molecule has 1 aliphatic heterocycles. The molecule has 0 aromatic carbocycles. The summed E-state index contributed by atoms with van der Waals surface area (Å²) >= 11 is 0. The van der Waals surface area contributed by atoms with Crippen LogP contribution in [0.2, 0.25) is 0 Å². The Morgan fingerprint density at radius 2 is 2.27 bits per heavy atom. The molecule has 1 fully saturated rings. The number of imidazole rings is 1. The summed E-state index contributed by atoms with van der Waals surface area (Å²) in [5.41, 5.74) is -0.199. The maximum Gasteiger partial charge on any atom is 0.317 e. The number of fused-ring (bicyclic) bond motifs is 1. The highest BCUT2D eigenvalue weighted by Gasteiger charge is 2.44. The monoisotopic (exact) mass is 327 g/mol. The van der Waals surface area contributed by atoms with Gasteiger partial charge in [0.05, 0.1) is 6.10 Å². The van der Waals surface area contributed by atoms with E-state index < -0.39 is 20.6 Å². The van der Waals surface area contributed by atoms with Crippen LogP contribution in [-0.4, -0.2) is 31.1 Å². The van der Waals surface area contributed by atoms with Crippen molar-refractivity contribution in [3.05, 3.63) is 35.0 Å². The standard InChI is InChI=1S/C13H18N3O5P/c1-3-9-8(2)11(21-22(18)19)12(20-9)16-6-4-10(17)15-7-5-14-13(15)16/h4-9,11-12,22H,3H2,1-2H3,(H,18,19)/t8-,9-,11-,12-/m1/s1. The summed E-state index contributed by atoms with van der Waals surface area (Å²) in [6, 6.07) is 1.40. The van der Waals surface area contributed by atoms with Crippen LogP contribution in [-0.2, 0) is 13.8 Å². The van der Waals surface area contributed by atoms with Crippen LogP contribution in [0.4, 0.5) is 0 Å². The molecule has 22 heavy (non-hydrogen) atoms. The van der Waals surface area contributed by atoms with Crippen molar-refractivity contribution in [3.63, 3.8) is 0 Å². The van der Waals surface area contributed by atoms with Gasteiger partial charge in [-0.15, -0.1) is 0 Å². The summed E-state index contributed by atoms with van der Waals surface area (Å²) in [4.78, 5) is 25.1. The smallest absolute Gasteiger partial charge is 0.317 e. The average Bonchev–Trinajstić information content (AvgIpc) is 3.07. The molecule has 0 bridgehead atoms. The summed E-state index contributed by atoms with van der Waals surface area (Å²) in [6.07, 6.45) is 4.14. The average molecular weight is 327 g/mol. The second-order valence-electron chi connectivity index (χ2n) is 5.34. The Hall–Kier alpha value is -1.47. The molecule has 1 saturated heterocycles. The van der Waals surface area contributed by atoms with E-state index in [4.69, 9.17) is 14.2 Å². The van der Waals surface area contributed by atoms with Crippen molar-refractivity contribution in [2.45, 2.75) is 38.7 Å². The number of hydrogen-bond donors (Lipinski definition) is 1. The first-order chi connectivity index (χ1) is 10.5. The maximum atomic E-state index is 11.8. The van der Waals surface area contributed by atoms with Gasteiger partial charge in [-0.25, -0.2) is 4.98 Å². The third-order valence-corrected chi connectivity index (χ3v) is 4.55. The van der Waals surface area contributed by atoms with E-state index in [0.717, 1.165) is 6.42 Å². The molecule has 0 saturated carbocycles. The molecule has 9 heteroatoms. The van der Waals surface area contributed by atoms with Gasteiger partial charge in [-0.05, 0) is 6.42 Å². The zero-order valence-electron chi connectivity index (χ0n) is 12.2. The predicted molar refractivity (Wildman–Crippen MR) is 78.9 cm³/mol. The third kappa shape index (κ3) is 2.52. The second-order valence-corrected chi connectivity index (χ2v) is 6.11. The molecule has 8 nitrogen and oxygen atoms in total. The fraction of sp³-hybridized carbons (Fsp3) is 0.538. The number of nitrogens with zero attached hydrogens (tertiary/aromatic N) is 3. The second kappa shape index (κ2) is 5.96. The van der Waals surface area contributed by atoms with Gasteiger partial charge in [-0.3, -0.25) is 18.3 Å². The Morgan fingerprint density at radius 3 is 2.95 bits per heavy atom. The zero-order chi connectivity index (χ0) is 15.9. The molecule has 2 aromatic rings. The van der Waals surface area contributed by atoms with Gasteiger partial charge in [0.15, 0.2) is 6.23 Å². The molecule has 1 aliphatic rings. The Kier molecular flexibility index (Phi) is 4.18. The lowest BCUT2D eigenvalue weighted by molar-refractivity contribution is -0.0303. The number of hydrogen-bond acceptors (Lipinski definition) is 5. The Morgan fingerprint density at radius 1 is 1.50 bits per heavy atom. The molecule has 120 valence electrons. The lowest BCUT2D eigenvalue weighted by atomic mass is 9.99. The highest BCUT2D eigenvalue weighted by Crippen LogP contribution is 2.41. The minimum Gasteiger partial charge on any atom is -0.352 e. The van der Waals surface area contributed by atoms with E-state index in [2.05, 4.69) is 4.98 Å². The van der Waals surface area contributed by atoms with Crippen LogP contribution >= 0.6 is 8.25 Å². The van der Waals surface area contributed by atoms with Gasteiger partial charge < -0.3 is 14.2 Å². The lowest BCUT2D eigenvalue weighted by Gasteiger charge is -2.22. The summed E-state index contributed by atoms with van der Waals surface area (Å²) in [5.74, 6) is 0.359. The summed E-state index contributed by atoms with van der Waals surface area (Å²) in [6.45, 7) is 3.91. The molecule has 0 aliphatic carbocycles. The number of aromatic nitrogens is 3. The quantitative estimate of drug-likeness (QED) is 0.848. The Balaban J connectivity index is 2.07. The minimum absolute atomic E-state index is 0.0504.